The molecule has 1 heterocycles. The lowest BCUT2D eigenvalue weighted by atomic mass is 9.60. The first-order valence-electron chi connectivity index (χ1n) is 8.02. The summed E-state index contributed by atoms with van der Waals surface area (Å²) in [7, 11) is 0. The van der Waals surface area contributed by atoms with E-state index < -0.39 is 0 Å². The van der Waals surface area contributed by atoms with Gasteiger partial charge in [-0.05, 0) is 35.3 Å². The Kier molecular flexibility index (Phi) is 3.56. The molecule has 0 aromatic heterocycles. The number of amides is 1. The van der Waals surface area contributed by atoms with E-state index in [0.717, 1.165) is 25.9 Å². The molecule has 3 atom stereocenters. The largest absolute Gasteiger partial charge is 0.334 e. The maximum absolute atomic E-state index is 13.0. The second-order valence-corrected chi connectivity index (χ2v) is 7.37. The second kappa shape index (κ2) is 5.13. The fraction of sp³-hybridized carbons (Fsp3) is 0.611. The van der Waals surface area contributed by atoms with E-state index in [2.05, 4.69) is 45.0 Å². The van der Waals surface area contributed by atoms with Crippen LogP contribution in [0.2, 0.25) is 0 Å². The van der Waals surface area contributed by atoms with Crippen LogP contribution in [0, 0.1) is 17.3 Å². The summed E-state index contributed by atoms with van der Waals surface area (Å²) in [6.07, 6.45) is 1.88. The lowest BCUT2D eigenvalue weighted by Gasteiger charge is -2.47. The number of nitrogens with two attached hydrogens (primary N) is 1. The molecule has 0 saturated heterocycles. The monoisotopic (exact) mass is 286 g/mol. The summed E-state index contributed by atoms with van der Waals surface area (Å²) < 4.78 is 0. The molecule has 3 rings (SSSR count). The number of rotatable bonds is 1. The van der Waals surface area contributed by atoms with Crippen molar-refractivity contribution in [1.29, 1.82) is 0 Å². The maximum atomic E-state index is 13.0. The van der Waals surface area contributed by atoms with E-state index >= 15 is 0 Å². The highest BCUT2D eigenvalue weighted by atomic mass is 16.2. The van der Waals surface area contributed by atoms with Crippen LogP contribution in [0.15, 0.2) is 24.3 Å². The molecule has 1 aliphatic heterocycles. The summed E-state index contributed by atoms with van der Waals surface area (Å²) in [4.78, 5) is 15.1. The number of hydrogen-bond acceptors (Lipinski definition) is 2. The summed E-state index contributed by atoms with van der Waals surface area (Å²) in [5.74, 6) is 0.793. The molecule has 0 bridgehead atoms. The van der Waals surface area contributed by atoms with Crippen molar-refractivity contribution < 1.29 is 4.79 Å². The molecule has 21 heavy (non-hydrogen) atoms. The molecule has 1 amide bonds. The first-order valence-corrected chi connectivity index (χ1v) is 8.02. The Labute approximate surface area is 127 Å². The Morgan fingerprint density at radius 2 is 1.76 bits per heavy atom. The predicted molar refractivity (Wildman–Crippen MR) is 84.3 cm³/mol. The molecule has 3 heteroatoms. The van der Waals surface area contributed by atoms with E-state index in [1.807, 2.05) is 4.90 Å². The highest BCUT2D eigenvalue weighted by Gasteiger charge is 2.46. The summed E-state index contributed by atoms with van der Waals surface area (Å²) in [5, 5.41) is 0. The molecule has 3 nitrogen and oxygen atoms in total. The van der Waals surface area contributed by atoms with E-state index in [1.54, 1.807) is 0 Å². The zero-order chi connectivity index (χ0) is 15.2. The van der Waals surface area contributed by atoms with Crippen molar-refractivity contribution in [3.63, 3.8) is 0 Å². The van der Waals surface area contributed by atoms with Gasteiger partial charge in [0, 0.05) is 25.0 Å². The average Bonchev–Trinajstić information content (AvgIpc) is 2.88. The van der Waals surface area contributed by atoms with E-state index in [1.165, 1.54) is 11.1 Å². The molecule has 1 fully saturated rings. The smallest absolute Gasteiger partial charge is 0.226 e. The van der Waals surface area contributed by atoms with Crippen LogP contribution in [0.25, 0.3) is 0 Å². The number of hydrogen-bond donors (Lipinski definition) is 1. The van der Waals surface area contributed by atoms with Crippen LogP contribution in [0.3, 0.4) is 0 Å². The van der Waals surface area contributed by atoms with Gasteiger partial charge in [-0.3, -0.25) is 4.79 Å². The molecule has 2 aliphatic rings. The molecular formula is C18H26N2O. The van der Waals surface area contributed by atoms with Gasteiger partial charge >= 0.3 is 0 Å². The molecular weight excluding hydrogens is 260 g/mol. The highest BCUT2D eigenvalue weighted by Crippen LogP contribution is 2.45. The normalized spacial score (nSPS) is 31.0. The minimum atomic E-state index is -0.0243. The fourth-order valence-electron chi connectivity index (χ4n) is 4.00. The van der Waals surface area contributed by atoms with Crippen molar-refractivity contribution in [3.8, 4) is 0 Å². The summed E-state index contributed by atoms with van der Waals surface area (Å²) >= 11 is 0. The van der Waals surface area contributed by atoms with Crippen molar-refractivity contribution in [1.82, 2.24) is 4.90 Å². The van der Waals surface area contributed by atoms with E-state index in [4.69, 9.17) is 5.73 Å². The summed E-state index contributed by atoms with van der Waals surface area (Å²) in [6.45, 7) is 8.15. The van der Waals surface area contributed by atoms with Crippen LogP contribution >= 0.6 is 0 Å². The van der Waals surface area contributed by atoms with Gasteiger partial charge in [0.05, 0.1) is 0 Å². The average molecular weight is 286 g/mol. The third kappa shape index (κ3) is 2.38. The van der Waals surface area contributed by atoms with Gasteiger partial charge in [0.15, 0.2) is 0 Å². The van der Waals surface area contributed by atoms with Gasteiger partial charge in [-0.1, -0.05) is 45.0 Å². The lowest BCUT2D eigenvalue weighted by Crippen LogP contribution is -2.51. The molecule has 0 spiro atoms. The Bertz CT molecular complexity index is 527. The van der Waals surface area contributed by atoms with Crippen molar-refractivity contribution in [2.75, 3.05) is 0 Å². The molecule has 0 radical (unpaired) electrons. The topological polar surface area (TPSA) is 46.3 Å². The van der Waals surface area contributed by atoms with Crippen LogP contribution in [-0.4, -0.2) is 16.8 Å². The second-order valence-electron chi connectivity index (χ2n) is 7.37. The zero-order valence-corrected chi connectivity index (χ0v) is 13.3. The number of carbonyl (C=O) groups excluding carboxylic acids is 1. The van der Waals surface area contributed by atoms with Crippen LogP contribution in [-0.2, 0) is 17.9 Å². The van der Waals surface area contributed by atoms with Crippen molar-refractivity contribution in [3.05, 3.63) is 35.4 Å². The molecule has 1 aliphatic carbocycles. The summed E-state index contributed by atoms with van der Waals surface area (Å²) in [6, 6.07) is 8.59. The van der Waals surface area contributed by atoms with Crippen molar-refractivity contribution in [2.45, 2.75) is 52.7 Å². The third-order valence-electron chi connectivity index (χ3n) is 5.95. The number of fused-ring (bicyclic) bond motifs is 1. The van der Waals surface area contributed by atoms with Gasteiger partial charge in [-0.15, -0.1) is 0 Å². The summed E-state index contributed by atoms with van der Waals surface area (Å²) in [5.41, 5.74) is 8.78. The van der Waals surface area contributed by atoms with Gasteiger partial charge in [0.25, 0.3) is 0 Å². The standard InChI is InChI=1S/C18H26N2O/c1-12-16(19)9-8-15(18(12,2)3)17(21)20-10-13-6-4-5-7-14(13)11-20/h4-7,12,15-16H,8-11,19H2,1-3H3. The Hall–Kier alpha value is -1.35. The van der Waals surface area contributed by atoms with Crippen LogP contribution in [0.5, 0.6) is 0 Å². The van der Waals surface area contributed by atoms with Gasteiger partial charge in [-0.25, -0.2) is 0 Å². The highest BCUT2D eigenvalue weighted by molar-refractivity contribution is 5.80. The maximum Gasteiger partial charge on any atom is 0.226 e. The zero-order valence-electron chi connectivity index (χ0n) is 13.3. The molecule has 1 saturated carbocycles. The van der Waals surface area contributed by atoms with Crippen LogP contribution in [0.1, 0.15) is 44.7 Å². The van der Waals surface area contributed by atoms with Crippen molar-refractivity contribution in [2.24, 2.45) is 23.0 Å². The molecule has 3 unspecified atom stereocenters. The van der Waals surface area contributed by atoms with Gasteiger partial charge in [0.1, 0.15) is 0 Å². The molecule has 1 aromatic carbocycles. The van der Waals surface area contributed by atoms with Gasteiger partial charge in [-0.2, -0.15) is 0 Å². The van der Waals surface area contributed by atoms with E-state index in [9.17, 15) is 4.79 Å². The quantitative estimate of drug-likeness (QED) is 0.863. The first kappa shape index (κ1) is 14.6. The molecule has 2 N–H and O–H groups in total. The Balaban J connectivity index is 1.78. The minimum Gasteiger partial charge on any atom is -0.334 e. The Morgan fingerprint density at radius 3 is 2.33 bits per heavy atom. The van der Waals surface area contributed by atoms with E-state index in [-0.39, 0.29) is 17.4 Å². The number of carbonyl (C=O) groups is 1. The molecule has 1 aromatic rings. The van der Waals surface area contributed by atoms with E-state index in [0.29, 0.717) is 11.8 Å². The molecule has 114 valence electrons. The van der Waals surface area contributed by atoms with Crippen molar-refractivity contribution >= 4 is 5.91 Å². The lowest BCUT2D eigenvalue weighted by molar-refractivity contribution is -0.144. The predicted octanol–water partition coefficient (Wildman–Crippen LogP) is 2.93. The fourth-order valence-corrected chi connectivity index (χ4v) is 4.00. The minimum absolute atomic E-state index is 0.0243. The Morgan fingerprint density at radius 1 is 1.19 bits per heavy atom. The van der Waals surface area contributed by atoms with Gasteiger partial charge < -0.3 is 10.6 Å². The van der Waals surface area contributed by atoms with Crippen LogP contribution < -0.4 is 5.73 Å². The first-order chi connectivity index (χ1) is 9.91. The van der Waals surface area contributed by atoms with Gasteiger partial charge in [0.2, 0.25) is 5.91 Å². The SMILES string of the molecule is CC1C(N)CCC(C(=O)N2Cc3ccccc3C2)C1(C)C. The number of benzene rings is 1. The third-order valence-corrected chi connectivity index (χ3v) is 5.95. The number of nitrogens with zero attached hydrogens (tertiary/aromatic N) is 1. The van der Waals surface area contributed by atoms with Crippen LogP contribution in [0.4, 0.5) is 0 Å².